The maximum atomic E-state index is 13.6. The fourth-order valence-electron chi connectivity index (χ4n) is 2.00. The van der Waals surface area contributed by atoms with Gasteiger partial charge >= 0.3 is 0 Å². The first-order valence-electron chi connectivity index (χ1n) is 8.00. The van der Waals surface area contributed by atoms with Crippen LogP contribution in [-0.2, 0) is 6.54 Å². The molecule has 0 aliphatic rings. The monoisotopic (exact) mass is 330 g/mol. The molecule has 6 heteroatoms. The van der Waals surface area contributed by atoms with E-state index in [9.17, 15) is 4.39 Å². The van der Waals surface area contributed by atoms with E-state index < -0.39 is 0 Å². The Kier molecular flexibility index (Phi) is 7.01. The van der Waals surface area contributed by atoms with Crippen LogP contribution < -0.4 is 15.4 Å². The molecular weight excluding hydrogens is 307 g/mol. The molecule has 0 unspecified atom stereocenters. The number of pyridine rings is 1. The van der Waals surface area contributed by atoms with Gasteiger partial charge in [-0.25, -0.2) is 9.38 Å². The van der Waals surface area contributed by atoms with Gasteiger partial charge in [0, 0.05) is 12.7 Å². The highest BCUT2D eigenvalue weighted by atomic mass is 19.1. The summed E-state index contributed by atoms with van der Waals surface area (Å²) in [5.74, 6) is 1.09. The highest BCUT2D eigenvalue weighted by Gasteiger charge is 2.03. The summed E-state index contributed by atoms with van der Waals surface area (Å²) in [7, 11) is 0. The molecule has 128 valence electrons. The number of ether oxygens (including phenoxy) is 1. The topological polar surface area (TPSA) is 58.5 Å². The van der Waals surface area contributed by atoms with E-state index in [-0.39, 0.29) is 12.4 Å². The predicted octanol–water partition coefficient (Wildman–Crippen LogP) is 2.66. The number of rotatable bonds is 7. The highest BCUT2D eigenvalue weighted by molar-refractivity contribution is 5.79. The first kappa shape index (κ1) is 17.7. The van der Waals surface area contributed by atoms with Crippen LogP contribution in [0, 0.1) is 12.7 Å². The molecule has 0 spiro atoms. The SMILES string of the molecule is CCNC(=NCc1ncccc1F)NCCOc1ccc(C)cc1. The van der Waals surface area contributed by atoms with Crippen molar-refractivity contribution in [3.63, 3.8) is 0 Å². The Labute approximate surface area is 142 Å². The molecule has 24 heavy (non-hydrogen) atoms. The third kappa shape index (κ3) is 5.87. The maximum Gasteiger partial charge on any atom is 0.191 e. The van der Waals surface area contributed by atoms with Crippen molar-refractivity contribution in [3.05, 3.63) is 59.7 Å². The summed E-state index contributed by atoms with van der Waals surface area (Å²) >= 11 is 0. The number of halogens is 1. The second-order valence-electron chi connectivity index (χ2n) is 5.22. The van der Waals surface area contributed by atoms with Crippen LogP contribution in [0.2, 0.25) is 0 Å². The van der Waals surface area contributed by atoms with Gasteiger partial charge in [0.2, 0.25) is 0 Å². The normalized spacial score (nSPS) is 11.2. The lowest BCUT2D eigenvalue weighted by Gasteiger charge is -2.12. The summed E-state index contributed by atoms with van der Waals surface area (Å²) in [6.07, 6.45) is 1.56. The van der Waals surface area contributed by atoms with Gasteiger partial charge in [-0.05, 0) is 38.1 Å². The summed E-state index contributed by atoms with van der Waals surface area (Å²) in [4.78, 5) is 8.33. The van der Waals surface area contributed by atoms with E-state index in [2.05, 4.69) is 20.6 Å². The molecule has 0 saturated carbocycles. The first-order chi connectivity index (χ1) is 11.7. The maximum absolute atomic E-state index is 13.6. The van der Waals surface area contributed by atoms with Gasteiger partial charge in [-0.1, -0.05) is 17.7 Å². The minimum atomic E-state index is -0.347. The zero-order valence-corrected chi connectivity index (χ0v) is 14.1. The van der Waals surface area contributed by atoms with Crippen molar-refractivity contribution in [2.75, 3.05) is 19.7 Å². The largest absolute Gasteiger partial charge is 0.492 e. The van der Waals surface area contributed by atoms with E-state index in [0.717, 1.165) is 12.3 Å². The van der Waals surface area contributed by atoms with Gasteiger partial charge in [0.15, 0.2) is 5.96 Å². The molecule has 1 aromatic carbocycles. The van der Waals surface area contributed by atoms with Crippen LogP contribution in [0.25, 0.3) is 0 Å². The van der Waals surface area contributed by atoms with Crippen LogP contribution in [0.1, 0.15) is 18.2 Å². The summed E-state index contributed by atoms with van der Waals surface area (Å²) < 4.78 is 19.2. The number of nitrogens with zero attached hydrogens (tertiary/aromatic N) is 2. The zero-order valence-electron chi connectivity index (χ0n) is 14.1. The number of guanidine groups is 1. The zero-order chi connectivity index (χ0) is 17.2. The van der Waals surface area contributed by atoms with Gasteiger partial charge < -0.3 is 15.4 Å². The Bertz CT molecular complexity index is 658. The van der Waals surface area contributed by atoms with Gasteiger partial charge in [0.1, 0.15) is 18.2 Å². The van der Waals surface area contributed by atoms with Crippen LogP contribution in [0.15, 0.2) is 47.6 Å². The van der Waals surface area contributed by atoms with E-state index >= 15 is 0 Å². The van der Waals surface area contributed by atoms with Gasteiger partial charge in [-0.3, -0.25) is 4.98 Å². The minimum absolute atomic E-state index is 0.181. The van der Waals surface area contributed by atoms with Crippen molar-refractivity contribution in [1.29, 1.82) is 0 Å². The Hall–Kier alpha value is -2.63. The second-order valence-corrected chi connectivity index (χ2v) is 5.22. The third-order valence-electron chi connectivity index (χ3n) is 3.25. The fraction of sp³-hybridized carbons (Fsp3) is 0.333. The number of aryl methyl sites for hydroxylation is 1. The molecule has 0 fully saturated rings. The van der Waals surface area contributed by atoms with E-state index in [1.807, 2.05) is 38.1 Å². The Balaban J connectivity index is 1.81. The molecule has 0 aliphatic heterocycles. The van der Waals surface area contributed by atoms with Crippen molar-refractivity contribution in [2.24, 2.45) is 4.99 Å². The molecule has 2 rings (SSSR count). The fourth-order valence-corrected chi connectivity index (χ4v) is 2.00. The Morgan fingerprint density at radius 3 is 2.71 bits per heavy atom. The molecule has 0 aliphatic carbocycles. The summed E-state index contributed by atoms with van der Waals surface area (Å²) in [6.45, 7) is 6.00. The molecule has 0 saturated heterocycles. The molecule has 2 N–H and O–H groups in total. The van der Waals surface area contributed by atoms with Crippen LogP contribution >= 0.6 is 0 Å². The average Bonchev–Trinajstić information content (AvgIpc) is 2.59. The molecule has 5 nitrogen and oxygen atoms in total. The average molecular weight is 330 g/mol. The summed E-state index contributed by atoms with van der Waals surface area (Å²) in [5, 5.41) is 6.27. The number of aliphatic imine (C=N–C) groups is 1. The van der Waals surface area contributed by atoms with Crippen molar-refractivity contribution >= 4 is 5.96 Å². The lowest BCUT2D eigenvalue weighted by atomic mass is 10.2. The summed E-state index contributed by atoms with van der Waals surface area (Å²) in [6, 6.07) is 10.9. The highest BCUT2D eigenvalue weighted by Crippen LogP contribution is 2.10. The van der Waals surface area contributed by atoms with E-state index in [0.29, 0.717) is 24.8 Å². The minimum Gasteiger partial charge on any atom is -0.492 e. The Morgan fingerprint density at radius 2 is 2.00 bits per heavy atom. The van der Waals surface area contributed by atoms with E-state index in [1.165, 1.54) is 11.6 Å². The number of hydrogen-bond acceptors (Lipinski definition) is 3. The molecule has 0 bridgehead atoms. The first-order valence-corrected chi connectivity index (χ1v) is 8.00. The molecule has 1 heterocycles. The molecule has 2 aromatic rings. The lowest BCUT2D eigenvalue weighted by molar-refractivity contribution is 0.322. The third-order valence-corrected chi connectivity index (χ3v) is 3.25. The molecule has 1 aromatic heterocycles. The Morgan fingerprint density at radius 1 is 1.21 bits per heavy atom. The lowest BCUT2D eigenvalue weighted by Crippen LogP contribution is -2.39. The van der Waals surface area contributed by atoms with Gasteiger partial charge in [-0.2, -0.15) is 0 Å². The standard InChI is InChI=1S/C18H23FN4O/c1-3-20-18(23-13-17-16(19)5-4-10-21-17)22-11-12-24-15-8-6-14(2)7-9-15/h4-10H,3,11-13H2,1-2H3,(H2,20,22,23). The van der Waals surface area contributed by atoms with Gasteiger partial charge in [-0.15, -0.1) is 0 Å². The second kappa shape index (κ2) is 9.50. The van der Waals surface area contributed by atoms with E-state index in [1.54, 1.807) is 12.3 Å². The molecule has 0 amide bonds. The van der Waals surface area contributed by atoms with E-state index in [4.69, 9.17) is 4.74 Å². The summed E-state index contributed by atoms with van der Waals surface area (Å²) in [5.41, 5.74) is 1.52. The number of benzene rings is 1. The number of hydrogen-bond donors (Lipinski definition) is 2. The van der Waals surface area contributed by atoms with Crippen molar-refractivity contribution in [1.82, 2.24) is 15.6 Å². The van der Waals surface area contributed by atoms with Crippen molar-refractivity contribution in [3.8, 4) is 5.75 Å². The van der Waals surface area contributed by atoms with Crippen LogP contribution in [0.3, 0.4) is 0 Å². The molecule has 0 radical (unpaired) electrons. The number of nitrogens with one attached hydrogen (secondary N) is 2. The quantitative estimate of drug-likeness (QED) is 0.465. The van der Waals surface area contributed by atoms with Gasteiger partial charge in [0.25, 0.3) is 0 Å². The van der Waals surface area contributed by atoms with Crippen LogP contribution in [0.5, 0.6) is 5.75 Å². The van der Waals surface area contributed by atoms with Crippen molar-refractivity contribution in [2.45, 2.75) is 20.4 Å². The van der Waals surface area contributed by atoms with Gasteiger partial charge in [0.05, 0.1) is 18.8 Å². The molecular formula is C18H23FN4O. The predicted molar refractivity (Wildman–Crippen MR) is 93.7 cm³/mol. The van der Waals surface area contributed by atoms with Crippen molar-refractivity contribution < 1.29 is 9.13 Å². The number of aromatic nitrogens is 1. The molecule has 0 atom stereocenters. The smallest absolute Gasteiger partial charge is 0.191 e. The van der Waals surface area contributed by atoms with Crippen LogP contribution in [-0.4, -0.2) is 30.6 Å². The van der Waals surface area contributed by atoms with Crippen LogP contribution in [0.4, 0.5) is 4.39 Å².